The number of aliphatic imine (C=N–C) groups is 1. The van der Waals surface area contributed by atoms with E-state index in [2.05, 4.69) is 53.7 Å². The first-order valence-electron chi connectivity index (χ1n) is 8.52. The normalized spacial score (nSPS) is 23.8. The van der Waals surface area contributed by atoms with Crippen LogP contribution in [0.1, 0.15) is 80.1 Å². The van der Waals surface area contributed by atoms with Crippen LogP contribution in [-0.4, -0.2) is 11.8 Å². The van der Waals surface area contributed by atoms with Crippen molar-refractivity contribution < 1.29 is 0 Å². The second-order valence-electron chi connectivity index (χ2n) is 8.15. The van der Waals surface area contributed by atoms with Gasteiger partial charge in [-0.1, -0.05) is 60.5 Å². The molecule has 1 heterocycles. The first kappa shape index (κ1) is 17.5. The molecule has 1 nitrogen and oxygen atoms in total. The van der Waals surface area contributed by atoms with Crippen molar-refractivity contribution >= 4 is 6.21 Å². The second-order valence-corrected chi connectivity index (χ2v) is 8.15. The van der Waals surface area contributed by atoms with Gasteiger partial charge in [0.2, 0.25) is 0 Å². The number of allylic oxidation sites excluding steroid dienone is 1. The molecule has 0 aromatic carbocycles. The molecule has 116 valence electrons. The zero-order valence-corrected chi connectivity index (χ0v) is 14.6. The monoisotopic (exact) mass is 277 g/mol. The first-order chi connectivity index (χ1) is 9.29. The van der Waals surface area contributed by atoms with Crippen molar-refractivity contribution in [2.75, 3.05) is 0 Å². The Morgan fingerprint density at radius 2 is 1.80 bits per heavy atom. The Morgan fingerprint density at radius 1 is 1.10 bits per heavy atom. The molecule has 1 rings (SSSR count). The summed E-state index contributed by atoms with van der Waals surface area (Å²) in [5.41, 5.74) is 0.532. The van der Waals surface area contributed by atoms with E-state index in [1.165, 1.54) is 38.5 Å². The number of nitrogens with zero attached hydrogens (tertiary/aromatic N) is 1. The van der Waals surface area contributed by atoms with Gasteiger partial charge in [-0.25, -0.2) is 0 Å². The van der Waals surface area contributed by atoms with E-state index >= 15 is 0 Å². The summed E-state index contributed by atoms with van der Waals surface area (Å²) in [6, 6.07) is 0. The summed E-state index contributed by atoms with van der Waals surface area (Å²) in [5, 5.41) is 0. The molecule has 0 fully saturated rings. The number of rotatable bonds is 8. The molecule has 0 N–H and O–H groups in total. The van der Waals surface area contributed by atoms with Crippen LogP contribution in [0.4, 0.5) is 0 Å². The average molecular weight is 277 g/mol. The lowest BCUT2D eigenvalue weighted by atomic mass is 9.73. The van der Waals surface area contributed by atoms with Crippen LogP contribution in [-0.2, 0) is 0 Å². The molecule has 0 spiro atoms. The Kier molecular flexibility index (Phi) is 6.48. The molecule has 1 aliphatic heterocycles. The molecule has 2 unspecified atom stereocenters. The summed E-state index contributed by atoms with van der Waals surface area (Å²) in [6.07, 6.45) is 14.2. The highest BCUT2D eigenvalue weighted by molar-refractivity contribution is 5.75. The quantitative estimate of drug-likeness (QED) is 0.512. The maximum Gasteiger partial charge on any atom is 0.0819 e. The molecule has 2 atom stereocenters. The second kappa shape index (κ2) is 7.43. The van der Waals surface area contributed by atoms with Crippen molar-refractivity contribution in [3.63, 3.8) is 0 Å². The molecule has 0 bridgehead atoms. The number of hydrogen-bond donors (Lipinski definition) is 0. The molecule has 1 heteroatoms. The molecule has 0 aliphatic carbocycles. The van der Waals surface area contributed by atoms with Gasteiger partial charge in [0.15, 0.2) is 0 Å². The van der Waals surface area contributed by atoms with Crippen molar-refractivity contribution in [2.45, 2.75) is 85.6 Å². The molecular formula is C19H35N. The minimum Gasteiger partial charge on any atom is -0.282 e. The molecule has 0 saturated carbocycles. The standard InChI is InChI=1S/C19H35N/c1-7-12-19(13-8-15-20-19)17(10-9-16(2)3)11-14-18(4,5)6/h8,13,15-17H,7,9-12,14H2,1-6H3. The van der Waals surface area contributed by atoms with Crippen molar-refractivity contribution in [3.05, 3.63) is 12.2 Å². The summed E-state index contributed by atoms with van der Waals surface area (Å²) in [4.78, 5) is 4.90. The molecule has 0 radical (unpaired) electrons. The van der Waals surface area contributed by atoms with E-state index in [4.69, 9.17) is 4.99 Å². The van der Waals surface area contributed by atoms with Gasteiger partial charge in [-0.3, -0.25) is 4.99 Å². The lowest BCUT2D eigenvalue weighted by Gasteiger charge is -2.36. The minimum atomic E-state index is 0.106. The lowest BCUT2D eigenvalue weighted by molar-refractivity contribution is 0.228. The van der Waals surface area contributed by atoms with Gasteiger partial charge in [-0.15, -0.1) is 0 Å². The fourth-order valence-corrected chi connectivity index (χ4v) is 3.21. The number of hydrogen-bond acceptors (Lipinski definition) is 1. The molecule has 20 heavy (non-hydrogen) atoms. The van der Waals surface area contributed by atoms with E-state index in [0.717, 1.165) is 5.92 Å². The van der Waals surface area contributed by atoms with E-state index in [1.807, 2.05) is 6.21 Å². The van der Waals surface area contributed by atoms with Crippen LogP contribution in [0.5, 0.6) is 0 Å². The SMILES string of the molecule is CCCC1(C(CCC(C)C)CCC(C)(C)C)C=CC=N1. The Morgan fingerprint density at radius 3 is 2.25 bits per heavy atom. The van der Waals surface area contributed by atoms with Crippen LogP contribution in [0.2, 0.25) is 0 Å². The first-order valence-corrected chi connectivity index (χ1v) is 8.52. The van der Waals surface area contributed by atoms with Gasteiger partial charge < -0.3 is 0 Å². The molecule has 0 aromatic rings. The van der Waals surface area contributed by atoms with Crippen LogP contribution in [0.25, 0.3) is 0 Å². The molecular weight excluding hydrogens is 242 g/mol. The maximum absolute atomic E-state index is 4.90. The third-order valence-electron chi connectivity index (χ3n) is 4.48. The van der Waals surface area contributed by atoms with Gasteiger partial charge in [0.1, 0.15) is 0 Å². The van der Waals surface area contributed by atoms with Crippen molar-refractivity contribution in [1.29, 1.82) is 0 Å². The van der Waals surface area contributed by atoms with Gasteiger partial charge >= 0.3 is 0 Å². The summed E-state index contributed by atoms with van der Waals surface area (Å²) in [7, 11) is 0. The largest absolute Gasteiger partial charge is 0.282 e. The van der Waals surface area contributed by atoms with E-state index < -0.39 is 0 Å². The predicted octanol–water partition coefficient (Wildman–Crippen LogP) is 6.04. The Labute approximate surface area is 127 Å². The molecule has 0 amide bonds. The van der Waals surface area contributed by atoms with Crippen LogP contribution >= 0.6 is 0 Å². The van der Waals surface area contributed by atoms with Gasteiger partial charge in [0.25, 0.3) is 0 Å². The fourth-order valence-electron chi connectivity index (χ4n) is 3.21. The van der Waals surface area contributed by atoms with Crippen molar-refractivity contribution in [2.24, 2.45) is 22.2 Å². The van der Waals surface area contributed by atoms with Crippen molar-refractivity contribution in [3.8, 4) is 0 Å². The van der Waals surface area contributed by atoms with Gasteiger partial charge in [0.05, 0.1) is 5.54 Å². The summed E-state index contributed by atoms with van der Waals surface area (Å²) in [5.74, 6) is 1.50. The summed E-state index contributed by atoms with van der Waals surface area (Å²) < 4.78 is 0. The Hall–Kier alpha value is -0.590. The highest BCUT2D eigenvalue weighted by atomic mass is 14.9. The lowest BCUT2D eigenvalue weighted by Crippen LogP contribution is -2.34. The van der Waals surface area contributed by atoms with Crippen molar-refractivity contribution in [1.82, 2.24) is 0 Å². The van der Waals surface area contributed by atoms with E-state index in [9.17, 15) is 0 Å². The fraction of sp³-hybridized carbons (Fsp3) is 0.842. The smallest absolute Gasteiger partial charge is 0.0819 e. The predicted molar refractivity (Wildman–Crippen MR) is 91.5 cm³/mol. The Balaban J connectivity index is 2.78. The van der Waals surface area contributed by atoms with Gasteiger partial charge in [-0.05, 0) is 49.0 Å². The zero-order valence-electron chi connectivity index (χ0n) is 14.6. The van der Waals surface area contributed by atoms with E-state index in [0.29, 0.717) is 11.3 Å². The summed E-state index contributed by atoms with van der Waals surface area (Å²) >= 11 is 0. The third kappa shape index (κ3) is 5.42. The van der Waals surface area contributed by atoms with Crippen LogP contribution in [0.15, 0.2) is 17.1 Å². The van der Waals surface area contributed by atoms with Gasteiger partial charge in [0, 0.05) is 6.21 Å². The van der Waals surface area contributed by atoms with E-state index in [1.54, 1.807) is 0 Å². The molecule has 0 saturated heterocycles. The minimum absolute atomic E-state index is 0.106. The highest BCUT2D eigenvalue weighted by Crippen LogP contribution is 2.40. The molecule has 0 aromatic heterocycles. The third-order valence-corrected chi connectivity index (χ3v) is 4.48. The van der Waals surface area contributed by atoms with Crippen LogP contribution in [0.3, 0.4) is 0 Å². The summed E-state index contributed by atoms with van der Waals surface area (Å²) in [6.45, 7) is 14.0. The average Bonchev–Trinajstić information content (AvgIpc) is 2.77. The highest BCUT2D eigenvalue weighted by Gasteiger charge is 2.36. The molecule has 1 aliphatic rings. The maximum atomic E-state index is 4.90. The van der Waals surface area contributed by atoms with Gasteiger partial charge in [-0.2, -0.15) is 0 Å². The Bertz CT molecular complexity index is 318. The van der Waals surface area contributed by atoms with E-state index in [-0.39, 0.29) is 5.54 Å². The van der Waals surface area contributed by atoms with Crippen LogP contribution < -0.4 is 0 Å². The zero-order chi connectivity index (χ0) is 15.2. The van der Waals surface area contributed by atoms with Crippen LogP contribution in [0, 0.1) is 17.3 Å². The topological polar surface area (TPSA) is 12.4 Å².